The van der Waals surface area contributed by atoms with E-state index in [4.69, 9.17) is 4.74 Å². The third-order valence-corrected chi connectivity index (χ3v) is 4.95. The molecule has 0 aliphatic heterocycles. The molecule has 2 aliphatic rings. The molecule has 0 atom stereocenters. The third kappa shape index (κ3) is 1.96. The molecule has 1 aromatic heterocycles. The molecule has 1 heterocycles. The number of hydrogen-bond acceptors (Lipinski definition) is 2. The van der Waals surface area contributed by atoms with Crippen LogP contribution in [0.4, 0.5) is 4.79 Å². The molecule has 0 saturated carbocycles. The Hall–Kier alpha value is -3.33. The molecule has 5 rings (SSSR count). The Morgan fingerprint density at radius 1 is 1.08 bits per heavy atom. The number of nitrogens with zero attached hydrogens (tertiary/aromatic N) is 1. The van der Waals surface area contributed by atoms with Gasteiger partial charge in [0.2, 0.25) is 0 Å². The molecule has 0 spiro atoms. The minimum atomic E-state index is -0.449. The summed E-state index contributed by atoms with van der Waals surface area (Å²) in [5, 5.41) is 5.06. The molecular formula is C22H15NO2. The highest BCUT2D eigenvalue weighted by Gasteiger charge is 2.19. The van der Waals surface area contributed by atoms with Gasteiger partial charge < -0.3 is 4.74 Å². The van der Waals surface area contributed by atoms with E-state index < -0.39 is 6.09 Å². The lowest BCUT2D eigenvalue weighted by atomic mass is 9.95. The summed E-state index contributed by atoms with van der Waals surface area (Å²) in [5.74, 6) is 0. The van der Waals surface area contributed by atoms with Gasteiger partial charge in [-0.05, 0) is 44.8 Å². The van der Waals surface area contributed by atoms with Gasteiger partial charge in [-0.3, -0.25) is 4.57 Å². The van der Waals surface area contributed by atoms with Gasteiger partial charge in [0, 0.05) is 23.5 Å². The van der Waals surface area contributed by atoms with Gasteiger partial charge in [0.05, 0.1) is 6.26 Å². The molecule has 0 unspecified atom stereocenters. The van der Waals surface area contributed by atoms with Crippen molar-refractivity contribution in [2.75, 3.05) is 0 Å². The topological polar surface area (TPSA) is 31.2 Å². The minimum Gasteiger partial charge on any atom is -0.418 e. The highest BCUT2D eigenvalue weighted by Crippen LogP contribution is 2.29. The van der Waals surface area contributed by atoms with Gasteiger partial charge in [-0.2, -0.15) is 0 Å². The monoisotopic (exact) mass is 325 g/mol. The van der Waals surface area contributed by atoms with Gasteiger partial charge >= 0.3 is 6.09 Å². The lowest BCUT2D eigenvalue weighted by Crippen LogP contribution is -2.15. The van der Waals surface area contributed by atoms with Crippen molar-refractivity contribution in [2.24, 2.45) is 0 Å². The zero-order valence-electron chi connectivity index (χ0n) is 13.5. The van der Waals surface area contributed by atoms with Crippen LogP contribution in [0.5, 0.6) is 0 Å². The summed E-state index contributed by atoms with van der Waals surface area (Å²) in [6.45, 7) is 3.42. The van der Waals surface area contributed by atoms with Gasteiger partial charge in [0.25, 0.3) is 0 Å². The molecular weight excluding hydrogens is 310 g/mol. The largest absolute Gasteiger partial charge is 0.422 e. The van der Waals surface area contributed by atoms with Crippen molar-refractivity contribution >= 4 is 29.0 Å². The normalized spacial score (nSPS) is 13.4. The number of ether oxygens (including phenoxy) is 1. The Bertz CT molecular complexity index is 1230. The smallest absolute Gasteiger partial charge is 0.418 e. The van der Waals surface area contributed by atoms with Crippen LogP contribution in [0.1, 0.15) is 11.1 Å². The van der Waals surface area contributed by atoms with Crippen molar-refractivity contribution in [1.29, 1.82) is 0 Å². The average Bonchev–Trinajstić information content (AvgIpc) is 3.19. The van der Waals surface area contributed by atoms with Crippen molar-refractivity contribution in [3.63, 3.8) is 0 Å². The van der Waals surface area contributed by atoms with Crippen molar-refractivity contribution < 1.29 is 9.53 Å². The minimum absolute atomic E-state index is 0.449. The Morgan fingerprint density at radius 3 is 2.80 bits per heavy atom. The zero-order valence-corrected chi connectivity index (χ0v) is 13.5. The highest BCUT2D eigenvalue weighted by molar-refractivity contribution is 5.96. The summed E-state index contributed by atoms with van der Waals surface area (Å²) in [7, 11) is 0. The summed E-state index contributed by atoms with van der Waals surface area (Å²) >= 11 is 0. The molecule has 0 N–H and O–H groups in total. The lowest BCUT2D eigenvalue weighted by Gasteiger charge is -2.09. The number of hydrogen-bond donors (Lipinski definition) is 0. The summed E-state index contributed by atoms with van der Waals surface area (Å²) in [6.07, 6.45) is 14.0. The summed E-state index contributed by atoms with van der Waals surface area (Å²) < 4.78 is 6.31. The fraction of sp³-hybridized carbons (Fsp3) is 0.0455. The molecule has 120 valence electrons. The van der Waals surface area contributed by atoms with Gasteiger partial charge in [0.1, 0.15) is 0 Å². The number of carbonyl (C=O) groups is 1. The summed E-state index contributed by atoms with van der Waals surface area (Å²) in [4.78, 5) is 11.9. The maximum absolute atomic E-state index is 11.9. The van der Waals surface area contributed by atoms with E-state index in [9.17, 15) is 4.79 Å². The molecule has 2 aliphatic carbocycles. The second-order valence-electron chi connectivity index (χ2n) is 6.29. The van der Waals surface area contributed by atoms with E-state index in [1.54, 1.807) is 6.20 Å². The molecule has 0 radical (unpaired) electrons. The van der Waals surface area contributed by atoms with E-state index in [-0.39, 0.29) is 0 Å². The van der Waals surface area contributed by atoms with E-state index in [2.05, 4.69) is 55.1 Å². The van der Waals surface area contributed by atoms with Crippen molar-refractivity contribution in [3.05, 3.63) is 83.2 Å². The summed E-state index contributed by atoms with van der Waals surface area (Å²) in [5.41, 5.74) is 4.61. The van der Waals surface area contributed by atoms with E-state index in [0.717, 1.165) is 29.4 Å². The van der Waals surface area contributed by atoms with E-state index in [1.807, 2.05) is 6.20 Å². The second-order valence-corrected chi connectivity index (χ2v) is 6.29. The molecule has 0 amide bonds. The predicted molar refractivity (Wildman–Crippen MR) is 99.6 cm³/mol. The van der Waals surface area contributed by atoms with E-state index >= 15 is 0 Å². The first-order chi connectivity index (χ1) is 12.3. The molecule has 3 nitrogen and oxygen atoms in total. The van der Waals surface area contributed by atoms with Crippen LogP contribution in [-0.4, -0.2) is 10.7 Å². The fourth-order valence-corrected chi connectivity index (χ4v) is 3.83. The van der Waals surface area contributed by atoms with Crippen molar-refractivity contribution in [1.82, 2.24) is 4.57 Å². The van der Waals surface area contributed by atoms with E-state index in [0.29, 0.717) is 0 Å². The Kier molecular flexibility index (Phi) is 2.86. The van der Waals surface area contributed by atoms with Crippen molar-refractivity contribution in [2.45, 2.75) is 6.42 Å². The number of allylic oxidation sites excluding steroid dienone is 2. The average molecular weight is 325 g/mol. The van der Waals surface area contributed by atoms with E-state index in [1.165, 1.54) is 31.3 Å². The predicted octanol–water partition coefficient (Wildman–Crippen LogP) is 3.47. The molecule has 0 bridgehead atoms. The van der Waals surface area contributed by atoms with Crippen LogP contribution in [0.15, 0.2) is 61.7 Å². The first-order valence-electron chi connectivity index (χ1n) is 8.24. The SMILES string of the molecule is C=COC(=O)n1cc2c(c1)-c1ccc3c4c(ccc3c1=C2)CC=CC=4. The number of fused-ring (bicyclic) bond motifs is 7. The maximum Gasteiger partial charge on any atom is 0.422 e. The van der Waals surface area contributed by atoms with Crippen molar-refractivity contribution in [3.8, 4) is 11.1 Å². The molecule has 0 fully saturated rings. The lowest BCUT2D eigenvalue weighted by molar-refractivity contribution is 0.187. The van der Waals surface area contributed by atoms with Crippen LogP contribution in [0.3, 0.4) is 0 Å². The molecule has 3 heteroatoms. The molecule has 25 heavy (non-hydrogen) atoms. The second kappa shape index (κ2) is 5.08. The standard InChI is InChI=1S/C22H15NO2/c1-2-25-22(24)23-12-15-11-20-18-8-7-14-5-3-4-6-16(14)17(18)9-10-19(20)21(15)13-23/h2-4,6-13H,1,5H2. The van der Waals surface area contributed by atoms with Gasteiger partial charge in [-0.25, -0.2) is 4.79 Å². The number of carbonyl (C=O) groups excluding carboxylic acids is 1. The van der Waals surface area contributed by atoms with Gasteiger partial charge in [-0.15, -0.1) is 0 Å². The molecule has 0 saturated heterocycles. The van der Waals surface area contributed by atoms with Crippen LogP contribution in [0.25, 0.3) is 34.1 Å². The third-order valence-electron chi connectivity index (χ3n) is 4.95. The first-order valence-corrected chi connectivity index (χ1v) is 8.24. The quantitative estimate of drug-likeness (QED) is 0.502. The molecule has 3 aromatic rings. The van der Waals surface area contributed by atoms with Crippen LogP contribution in [0, 0.1) is 0 Å². The number of rotatable bonds is 1. The van der Waals surface area contributed by atoms with Gasteiger partial charge in [0.15, 0.2) is 0 Å². The summed E-state index contributed by atoms with van der Waals surface area (Å²) in [6, 6.07) is 8.76. The van der Waals surface area contributed by atoms with Gasteiger partial charge in [-0.1, -0.05) is 49.1 Å². The van der Waals surface area contributed by atoms with Crippen LogP contribution < -0.4 is 10.4 Å². The first kappa shape index (κ1) is 14.1. The Balaban J connectivity index is 1.74. The van der Waals surface area contributed by atoms with Crippen LogP contribution >= 0.6 is 0 Å². The molecule has 2 aromatic carbocycles. The number of aromatic nitrogens is 1. The zero-order chi connectivity index (χ0) is 17.0. The fourth-order valence-electron chi connectivity index (χ4n) is 3.83. The van der Waals surface area contributed by atoms with Crippen LogP contribution in [-0.2, 0) is 11.2 Å². The van der Waals surface area contributed by atoms with Crippen LogP contribution in [0.2, 0.25) is 0 Å². The maximum atomic E-state index is 11.9. The Labute approximate surface area is 144 Å². The number of benzene rings is 2. The Morgan fingerprint density at radius 2 is 1.92 bits per heavy atom. The highest BCUT2D eigenvalue weighted by atomic mass is 16.5.